The van der Waals surface area contributed by atoms with E-state index in [9.17, 15) is 4.79 Å². The standard InChI is InChI=1S/C12H17BrN2O/c1-8-4-5-9(13)10(6-8)15-11(16)7-12(2,3)14/h4-6H,7,14H2,1-3H3,(H,15,16). The first-order valence-corrected chi connectivity index (χ1v) is 5.92. The predicted octanol–water partition coefficient (Wildman–Crippen LogP) is 2.82. The zero-order valence-corrected chi connectivity index (χ0v) is 11.4. The molecule has 16 heavy (non-hydrogen) atoms. The molecular formula is C12H17BrN2O. The number of hydrogen-bond acceptors (Lipinski definition) is 2. The minimum atomic E-state index is -0.486. The maximum atomic E-state index is 11.7. The lowest BCUT2D eigenvalue weighted by molar-refractivity contribution is -0.117. The van der Waals surface area contributed by atoms with E-state index in [4.69, 9.17) is 5.73 Å². The van der Waals surface area contributed by atoms with Crippen molar-refractivity contribution in [1.82, 2.24) is 0 Å². The van der Waals surface area contributed by atoms with E-state index in [-0.39, 0.29) is 5.91 Å². The molecule has 0 unspecified atom stereocenters. The highest BCUT2D eigenvalue weighted by atomic mass is 79.9. The molecule has 1 amide bonds. The first-order chi connectivity index (χ1) is 7.28. The summed E-state index contributed by atoms with van der Waals surface area (Å²) in [7, 11) is 0. The van der Waals surface area contributed by atoms with Gasteiger partial charge in [0.2, 0.25) is 5.91 Å². The van der Waals surface area contributed by atoms with Crippen molar-refractivity contribution in [3.05, 3.63) is 28.2 Å². The number of anilines is 1. The third-order valence-electron chi connectivity index (χ3n) is 2.01. The first kappa shape index (κ1) is 13.2. The van der Waals surface area contributed by atoms with Crippen LogP contribution in [-0.2, 0) is 4.79 Å². The van der Waals surface area contributed by atoms with E-state index in [0.29, 0.717) is 6.42 Å². The molecule has 0 saturated carbocycles. The van der Waals surface area contributed by atoms with Crippen LogP contribution in [0.2, 0.25) is 0 Å². The molecule has 0 heterocycles. The molecule has 1 rings (SSSR count). The van der Waals surface area contributed by atoms with Crippen molar-refractivity contribution in [2.24, 2.45) is 5.73 Å². The summed E-state index contributed by atoms with van der Waals surface area (Å²) in [6, 6.07) is 5.82. The number of hydrogen-bond donors (Lipinski definition) is 2. The van der Waals surface area contributed by atoms with E-state index in [0.717, 1.165) is 15.7 Å². The predicted molar refractivity (Wildman–Crippen MR) is 70.4 cm³/mol. The summed E-state index contributed by atoms with van der Waals surface area (Å²) in [5.74, 6) is -0.0706. The van der Waals surface area contributed by atoms with Gasteiger partial charge in [0.05, 0.1) is 5.69 Å². The number of rotatable bonds is 3. The number of amides is 1. The number of nitrogens with two attached hydrogens (primary N) is 1. The minimum Gasteiger partial charge on any atom is -0.325 e. The average molecular weight is 285 g/mol. The first-order valence-electron chi connectivity index (χ1n) is 5.13. The van der Waals surface area contributed by atoms with Gasteiger partial charge in [-0.1, -0.05) is 6.07 Å². The van der Waals surface area contributed by atoms with Crippen molar-refractivity contribution < 1.29 is 4.79 Å². The van der Waals surface area contributed by atoms with Crippen LogP contribution < -0.4 is 11.1 Å². The van der Waals surface area contributed by atoms with Crippen LogP contribution in [0.3, 0.4) is 0 Å². The molecule has 0 atom stereocenters. The normalized spacial score (nSPS) is 11.3. The van der Waals surface area contributed by atoms with Crippen LogP contribution in [0.25, 0.3) is 0 Å². The quantitative estimate of drug-likeness (QED) is 0.897. The van der Waals surface area contributed by atoms with Crippen molar-refractivity contribution in [3.8, 4) is 0 Å². The topological polar surface area (TPSA) is 55.1 Å². The van der Waals surface area contributed by atoms with Gasteiger partial charge in [-0.15, -0.1) is 0 Å². The maximum Gasteiger partial charge on any atom is 0.226 e. The summed E-state index contributed by atoms with van der Waals surface area (Å²) in [4.78, 5) is 11.7. The Morgan fingerprint density at radius 1 is 1.50 bits per heavy atom. The molecular weight excluding hydrogens is 268 g/mol. The van der Waals surface area contributed by atoms with Crippen LogP contribution in [0.5, 0.6) is 0 Å². The highest BCUT2D eigenvalue weighted by Crippen LogP contribution is 2.23. The average Bonchev–Trinajstić information content (AvgIpc) is 2.08. The van der Waals surface area contributed by atoms with Gasteiger partial charge in [0.25, 0.3) is 0 Å². The Balaban J connectivity index is 2.73. The Bertz CT molecular complexity index is 396. The van der Waals surface area contributed by atoms with E-state index in [1.807, 2.05) is 39.0 Å². The van der Waals surface area contributed by atoms with E-state index in [2.05, 4.69) is 21.2 Å². The van der Waals surface area contributed by atoms with Gasteiger partial charge in [-0.3, -0.25) is 4.79 Å². The molecule has 0 aliphatic heterocycles. The van der Waals surface area contributed by atoms with Crippen LogP contribution in [0.15, 0.2) is 22.7 Å². The summed E-state index contributed by atoms with van der Waals surface area (Å²) in [5, 5.41) is 2.84. The zero-order valence-electron chi connectivity index (χ0n) is 9.80. The van der Waals surface area contributed by atoms with Crippen LogP contribution in [-0.4, -0.2) is 11.4 Å². The van der Waals surface area contributed by atoms with Crippen molar-refractivity contribution >= 4 is 27.5 Å². The number of aryl methyl sites for hydroxylation is 1. The van der Waals surface area contributed by atoms with Gasteiger partial charge in [0, 0.05) is 16.4 Å². The summed E-state index contributed by atoms with van der Waals surface area (Å²) >= 11 is 3.39. The Labute approximate surface area is 105 Å². The maximum absolute atomic E-state index is 11.7. The van der Waals surface area contributed by atoms with Gasteiger partial charge in [-0.2, -0.15) is 0 Å². The van der Waals surface area contributed by atoms with Crippen LogP contribution in [0, 0.1) is 6.92 Å². The minimum absolute atomic E-state index is 0.0706. The van der Waals surface area contributed by atoms with Gasteiger partial charge >= 0.3 is 0 Å². The molecule has 1 aromatic carbocycles. The van der Waals surface area contributed by atoms with E-state index in [1.54, 1.807) is 0 Å². The fourth-order valence-electron chi connectivity index (χ4n) is 1.34. The lowest BCUT2D eigenvalue weighted by atomic mass is 10.0. The molecule has 88 valence electrons. The molecule has 0 aliphatic rings. The van der Waals surface area contributed by atoms with Crippen molar-refractivity contribution in [2.45, 2.75) is 32.7 Å². The molecule has 4 heteroatoms. The van der Waals surface area contributed by atoms with Crippen LogP contribution in [0.1, 0.15) is 25.8 Å². The van der Waals surface area contributed by atoms with E-state index >= 15 is 0 Å². The van der Waals surface area contributed by atoms with Gasteiger partial charge < -0.3 is 11.1 Å². The second-order valence-corrected chi connectivity index (χ2v) is 5.55. The summed E-state index contributed by atoms with van der Waals surface area (Å²) in [5.41, 5.74) is 7.19. The molecule has 3 N–H and O–H groups in total. The number of nitrogens with one attached hydrogen (secondary N) is 1. The second-order valence-electron chi connectivity index (χ2n) is 4.70. The smallest absolute Gasteiger partial charge is 0.226 e. The van der Waals surface area contributed by atoms with Gasteiger partial charge in [0.1, 0.15) is 0 Å². The number of carbonyl (C=O) groups excluding carboxylic acids is 1. The monoisotopic (exact) mass is 284 g/mol. The highest BCUT2D eigenvalue weighted by Gasteiger charge is 2.16. The van der Waals surface area contributed by atoms with E-state index in [1.165, 1.54) is 0 Å². The summed E-state index contributed by atoms with van der Waals surface area (Å²) in [6.07, 6.45) is 0.299. The van der Waals surface area contributed by atoms with Crippen molar-refractivity contribution in [3.63, 3.8) is 0 Å². The molecule has 0 saturated heterocycles. The Kier molecular flexibility index (Phi) is 4.10. The number of carbonyl (C=O) groups is 1. The molecule has 0 fully saturated rings. The van der Waals surface area contributed by atoms with Crippen molar-refractivity contribution in [1.29, 1.82) is 0 Å². The molecule has 0 spiro atoms. The lowest BCUT2D eigenvalue weighted by Crippen LogP contribution is -2.36. The summed E-state index contributed by atoms with van der Waals surface area (Å²) < 4.78 is 0.876. The largest absolute Gasteiger partial charge is 0.325 e. The number of benzene rings is 1. The molecule has 0 radical (unpaired) electrons. The van der Waals surface area contributed by atoms with Gasteiger partial charge in [-0.05, 0) is 54.4 Å². The SMILES string of the molecule is Cc1ccc(Br)c(NC(=O)CC(C)(C)N)c1. The molecule has 0 bridgehead atoms. The Morgan fingerprint density at radius 2 is 2.12 bits per heavy atom. The Morgan fingerprint density at radius 3 is 2.69 bits per heavy atom. The van der Waals surface area contributed by atoms with Crippen LogP contribution in [0.4, 0.5) is 5.69 Å². The Hall–Kier alpha value is -0.870. The number of halogens is 1. The van der Waals surface area contributed by atoms with Gasteiger partial charge in [-0.25, -0.2) is 0 Å². The van der Waals surface area contributed by atoms with Crippen LogP contribution >= 0.6 is 15.9 Å². The fourth-order valence-corrected chi connectivity index (χ4v) is 1.69. The molecule has 0 aromatic heterocycles. The second kappa shape index (κ2) is 4.97. The third kappa shape index (κ3) is 4.33. The van der Waals surface area contributed by atoms with Gasteiger partial charge in [0.15, 0.2) is 0 Å². The van der Waals surface area contributed by atoms with E-state index < -0.39 is 5.54 Å². The molecule has 1 aromatic rings. The third-order valence-corrected chi connectivity index (χ3v) is 2.70. The lowest BCUT2D eigenvalue weighted by Gasteiger charge is -2.18. The molecule has 0 aliphatic carbocycles. The van der Waals surface area contributed by atoms with Crippen molar-refractivity contribution in [2.75, 3.05) is 5.32 Å². The highest BCUT2D eigenvalue weighted by molar-refractivity contribution is 9.10. The zero-order chi connectivity index (χ0) is 12.3. The fraction of sp³-hybridized carbons (Fsp3) is 0.417. The summed E-state index contributed by atoms with van der Waals surface area (Å²) in [6.45, 7) is 5.64. The molecule has 3 nitrogen and oxygen atoms in total.